The topological polar surface area (TPSA) is 66.4 Å². The lowest BCUT2D eigenvalue weighted by Gasteiger charge is -2.17. The summed E-state index contributed by atoms with van der Waals surface area (Å²) in [7, 11) is 0. The molecule has 1 amide bonds. The fourth-order valence-corrected chi connectivity index (χ4v) is 2.89. The van der Waals surface area contributed by atoms with Crippen molar-refractivity contribution in [2.24, 2.45) is 5.92 Å². The van der Waals surface area contributed by atoms with E-state index in [4.69, 9.17) is 5.11 Å². The van der Waals surface area contributed by atoms with Crippen LogP contribution in [0.3, 0.4) is 0 Å². The van der Waals surface area contributed by atoms with E-state index in [1.54, 1.807) is 0 Å². The molecule has 1 aromatic rings. The fraction of sp³-hybridized carbons (Fsp3) is 0.467. The SMILES string of the molecule is O=C(NC(C(=O)O)C1CC1)C1CCc2ccccc21. The van der Waals surface area contributed by atoms with Crippen molar-refractivity contribution in [3.05, 3.63) is 35.4 Å². The zero-order valence-electron chi connectivity index (χ0n) is 10.6. The Bertz CT molecular complexity index is 522. The molecule has 4 nitrogen and oxygen atoms in total. The second-order valence-corrected chi connectivity index (χ2v) is 5.45. The fourth-order valence-electron chi connectivity index (χ4n) is 2.89. The van der Waals surface area contributed by atoms with Crippen LogP contribution in [0.25, 0.3) is 0 Å². The number of aryl methyl sites for hydroxylation is 1. The molecule has 1 aromatic carbocycles. The maximum atomic E-state index is 12.3. The van der Waals surface area contributed by atoms with Gasteiger partial charge in [-0.15, -0.1) is 0 Å². The van der Waals surface area contributed by atoms with E-state index in [0.717, 1.165) is 31.2 Å². The molecule has 0 aliphatic heterocycles. The van der Waals surface area contributed by atoms with Crippen molar-refractivity contribution >= 4 is 11.9 Å². The largest absolute Gasteiger partial charge is 0.480 e. The number of carboxylic acids is 1. The average molecular weight is 259 g/mol. The third-order valence-electron chi connectivity index (χ3n) is 4.11. The minimum Gasteiger partial charge on any atom is -0.480 e. The molecule has 0 bridgehead atoms. The quantitative estimate of drug-likeness (QED) is 0.864. The summed E-state index contributed by atoms with van der Waals surface area (Å²) in [5, 5.41) is 11.9. The van der Waals surface area contributed by atoms with Crippen LogP contribution in [-0.2, 0) is 16.0 Å². The van der Waals surface area contributed by atoms with Crippen molar-refractivity contribution in [2.75, 3.05) is 0 Å². The van der Waals surface area contributed by atoms with E-state index < -0.39 is 12.0 Å². The van der Waals surface area contributed by atoms with Gasteiger partial charge in [0.25, 0.3) is 0 Å². The summed E-state index contributed by atoms with van der Waals surface area (Å²) in [6.45, 7) is 0. The first-order valence-electron chi connectivity index (χ1n) is 6.78. The number of carbonyl (C=O) groups is 2. The molecule has 19 heavy (non-hydrogen) atoms. The highest BCUT2D eigenvalue weighted by atomic mass is 16.4. The van der Waals surface area contributed by atoms with E-state index in [9.17, 15) is 9.59 Å². The molecule has 100 valence electrons. The lowest BCUT2D eigenvalue weighted by atomic mass is 10.00. The molecule has 4 heteroatoms. The van der Waals surface area contributed by atoms with E-state index in [-0.39, 0.29) is 17.7 Å². The third-order valence-corrected chi connectivity index (χ3v) is 4.11. The molecule has 0 spiro atoms. The van der Waals surface area contributed by atoms with Crippen LogP contribution >= 0.6 is 0 Å². The molecule has 2 aliphatic carbocycles. The molecular weight excluding hydrogens is 242 g/mol. The maximum Gasteiger partial charge on any atom is 0.326 e. The first kappa shape index (κ1) is 12.2. The Morgan fingerprint density at radius 2 is 1.95 bits per heavy atom. The van der Waals surface area contributed by atoms with Crippen molar-refractivity contribution < 1.29 is 14.7 Å². The number of amides is 1. The number of aliphatic carboxylic acids is 1. The first-order chi connectivity index (χ1) is 9.16. The number of fused-ring (bicyclic) bond motifs is 1. The minimum atomic E-state index is -0.915. The second-order valence-electron chi connectivity index (χ2n) is 5.45. The molecule has 1 saturated carbocycles. The molecular formula is C15H17NO3. The van der Waals surface area contributed by atoms with Gasteiger partial charge in [-0.25, -0.2) is 4.79 Å². The van der Waals surface area contributed by atoms with Crippen LogP contribution in [0, 0.1) is 5.92 Å². The molecule has 2 unspecified atom stereocenters. The number of carboxylic acid groups (broad SMARTS) is 1. The van der Waals surface area contributed by atoms with Crippen molar-refractivity contribution in [3.63, 3.8) is 0 Å². The Hall–Kier alpha value is -1.84. The van der Waals surface area contributed by atoms with Crippen LogP contribution in [0.5, 0.6) is 0 Å². The van der Waals surface area contributed by atoms with E-state index in [2.05, 4.69) is 5.32 Å². The summed E-state index contributed by atoms with van der Waals surface area (Å²) in [5.41, 5.74) is 2.26. The smallest absolute Gasteiger partial charge is 0.326 e. The predicted molar refractivity (Wildman–Crippen MR) is 69.8 cm³/mol. The molecule has 1 fully saturated rings. The van der Waals surface area contributed by atoms with Gasteiger partial charge in [0.2, 0.25) is 5.91 Å². The first-order valence-corrected chi connectivity index (χ1v) is 6.78. The standard InChI is InChI=1S/C15H17NO3/c17-14(16-13(15(18)19)10-5-6-10)12-8-7-9-3-1-2-4-11(9)12/h1-4,10,12-13H,5-8H2,(H,16,17)(H,18,19). The third kappa shape index (κ3) is 2.35. The second kappa shape index (κ2) is 4.68. The normalized spacial score (nSPS) is 22.6. The van der Waals surface area contributed by atoms with Crippen LogP contribution in [0.4, 0.5) is 0 Å². The molecule has 2 atom stereocenters. The maximum absolute atomic E-state index is 12.3. The predicted octanol–water partition coefficient (Wildman–Crippen LogP) is 1.70. The summed E-state index contributed by atoms with van der Waals surface area (Å²) >= 11 is 0. The van der Waals surface area contributed by atoms with Gasteiger partial charge in [0.1, 0.15) is 6.04 Å². The number of nitrogens with one attached hydrogen (secondary N) is 1. The van der Waals surface area contributed by atoms with Gasteiger partial charge < -0.3 is 10.4 Å². The van der Waals surface area contributed by atoms with Crippen LogP contribution in [-0.4, -0.2) is 23.0 Å². The van der Waals surface area contributed by atoms with E-state index in [0.29, 0.717) is 0 Å². The molecule has 0 saturated heterocycles. The van der Waals surface area contributed by atoms with Gasteiger partial charge in [0.05, 0.1) is 5.92 Å². The monoisotopic (exact) mass is 259 g/mol. The van der Waals surface area contributed by atoms with Crippen molar-refractivity contribution in [2.45, 2.75) is 37.6 Å². The van der Waals surface area contributed by atoms with Gasteiger partial charge in [-0.1, -0.05) is 24.3 Å². The van der Waals surface area contributed by atoms with Gasteiger partial charge in [-0.2, -0.15) is 0 Å². The average Bonchev–Trinajstić information content (AvgIpc) is 3.14. The van der Waals surface area contributed by atoms with Crippen LogP contribution in [0.2, 0.25) is 0 Å². The number of benzene rings is 1. The van der Waals surface area contributed by atoms with Crippen molar-refractivity contribution in [1.82, 2.24) is 5.32 Å². The minimum absolute atomic E-state index is 0.123. The Labute approximate surface area is 111 Å². The van der Waals surface area contributed by atoms with E-state index in [1.165, 1.54) is 5.56 Å². The molecule has 0 aromatic heterocycles. The number of carbonyl (C=O) groups excluding carboxylic acids is 1. The Morgan fingerprint density at radius 3 is 2.63 bits per heavy atom. The molecule has 2 N–H and O–H groups in total. The number of hydrogen-bond acceptors (Lipinski definition) is 2. The summed E-state index contributed by atoms with van der Waals surface area (Å²) in [4.78, 5) is 23.4. The van der Waals surface area contributed by atoms with Gasteiger partial charge in [-0.3, -0.25) is 4.79 Å². The van der Waals surface area contributed by atoms with Crippen molar-refractivity contribution in [1.29, 1.82) is 0 Å². The summed E-state index contributed by atoms with van der Waals surface area (Å²) in [6.07, 6.45) is 3.48. The highest BCUT2D eigenvalue weighted by Crippen LogP contribution is 2.35. The van der Waals surface area contributed by atoms with E-state index in [1.807, 2.05) is 24.3 Å². The van der Waals surface area contributed by atoms with Gasteiger partial charge >= 0.3 is 5.97 Å². The Morgan fingerprint density at radius 1 is 1.21 bits per heavy atom. The zero-order valence-corrected chi connectivity index (χ0v) is 10.6. The zero-order chi connectivity index (χ0) is 13.4. The molecule has 3 rings (SSSR count). The Balaban J connectivity index is 1.73. The highest BCUT2D eigenvalue weighted by molar-refractivity contribution is 5.89. The Kier molecular flexibility index (Phi) is 3.01. The molecule has 0 radical (unpaired) electrons. The van der Waals surface area contributed by atoms with Gasteiger partial charge in [0.15, 0.2) is 0 Å². The van der Waals surface area contributed by atoms with Gasteiger partial charge in [0, 0.05) is 0 Å². The van der Waals surface area contributed by atoms with Crippen LogP contribution in [0.15, 0.2) is 24.3 Å². The number of rotatable bonds is 4. The van der Waals surface area contributed by atoms with Crippen LogP contribution in [0.1, 0.15) is 36.3 Å². The highest BCUT2D eigenvalue weighted by Gasteiger charge is 2.39. The summed E-state index contributed by atoms with van der Waals surface area (Å²) in [5.74, 6) is -1.11. The summed E-state index contributed by atoms with van der Waals surface area (Å²) < 4.78 is 0. The van der Waals surface area contributed by atoms with Gasteiger partial charge in [-0.05, 0) is 42.7 Å². The van der Waals surface area contributed by atoms with Crippen LogP contribution < -0.4 is 5.32 Å². The molecule has 0 heterocycles. The molecule has 2 aliphatic rings. The number of hydrogen-bond donors (Lipinski definition) is 2. The summed E-state index contributed by atoms with van der Waals surface area (Å²) in [6, 6.07) is 7.21. The lowest BCUT2D eigenvalue weighted by molar-refractivity contribution is -0.142. The lowest BCUT2D eigenvalue weighted by Crippen LogP contribution is -2.44. The van der Waals surface area contributed by atoms with E-state index >= 15 is 0 Å². The van der Waals surface area contributed by atoms with Crippen molar-refractivity contribution in [3.8, 4) is 0 Å².